The highest BCUT2D eigenvalue weighted by atomic mass is 16.6. The molecule has 2 rings (SSSR count). The van der Waals surface area contributed by atoms with Gasteiger partial charge in [0.1, 0.15) is 36.2 Å². The summed E-state index contributed by atoms with van der Waals surface area (Å²) in [4.78, 5) is 49.0. The first-order valence-corrected chi connectivity index (χ1v) is 12.2. The van der Waals surface area contributed by atoms with Gasteiger partial charge in [0.2, 0.25) is 0 Å². The molecule has 0 aliphatic carbocycles. The van der Waals surface area contributed by atoms with Crippen molar-refractivity contribution < 1.29 is 48.3 Å². The van der Waals surface area contributed by atoms with Crippen LogP contribution in [0.2, 0.25) is 0 Å². The molecule has 10 nitrogen and oxygen atoms in total. The normalized spacial score (nSPS) is 12.4. The van der Waals surface area contributed by atoms with Gasteiger partial charge in [-0.1, -0.05) is 26.7 Å². The third-order valence-corrected chi connectivity index (χ3v) is 5.26. The maximum atomic E-state index is 12.4. The molecule has 0 fully saturated rings. The van der Waals surface area contributed by atoms with Gasteiger partial charge in [-0.25, -0.2) is 9.59 Å². The molecule has 38 heavy (non-hydrogen) atoms. The highest BCUT2D eigenvalue weighted by Gasteiger charge is 2.23. The molecule has 0 aliphatic heterocycles. The number of phenols is 2. The topological polar surface area (TPSA) is 146 Å². The largest absolute Gasteiger partial charge is 0.508 e. The average Bonchev–Trinajstić information content (AvgIpc) is 2.90. The van der Waals surface area contributed by atoms with E-state index in [1.54, 1.807) is 0 Å². The molecule has 0 aliphatic rings. The molecule has 2 atom stereocenters. The average molecular weight is 529 g/mol. The van der Waals surface area contributed by atoms with Crippen molar-refractivity contribution in [1.82, 2.24) is 0 Å². The summed E-state index contributed by atoms with van der Waals surface area (Å²) in [6.45, 7) is 3.24. The molecule has 0 radical (unpaired) electrons. The summed E-state index contributed by atoms with van der Waals surface area (Å²) in [5.41, 5.74) is 0. The number of aromatic hydroxyl groups is 2. The van der Waals surface area contributed by atoms with Crippen LogP contribution in [-0.4, -0.2) is 47.3 Å². The predicted molar refractivity (Wildman–Crippen MR) is 135 cm³/mol. The Hall–Kier alpha value is -4.34. The number of hydrogen-bond donors (Lipinski definition) is 2. The summed E-state index contributed by atoms with van der Waals surface area (Å²) >= 11 is 0. The van der Waals surface area contributed by atoms with Gasteiger partial charge in [-0.15, -0.1) is 0 Å². The smallest absolute Gasteiger partial charge is 0.331 e. The van der Waals surface area contributed by atoms with E-state index in [0.717, 1.165) is 12.2 Å². The van der Waals surface area contributed by atoms with Crippen molar-refractivity contribution in [3.63, 3.8) is 0 Å². The van der Waals surface area contributed by atoms with Crippen molar-refractivity contribution in [2.75, 3.05) is 13.2 Å². The van der Waals surface area contributed by atoms with E-state index in [1.165, 1.54) is 48.5 Å². The van der Waals surface area contributed by atoms with Gasteiger partial charge in [0.25, 0.3) is 0 Å². The standard InChI is InChI=1S/C28H32O10/c1-3-5-19(27(33)37-23-11-7-21(29)8-12-23)17-35-25(31)15-16-26(32)36-18-20(6-4-2)28(34)38-24-13-9-22(30)10-14-24/h7-16,19-20,29-30H,3-6,17-18H2,1-2H3/b16-15+. The molecule has 0 heterocycles. The highest BCUT2D eigenvalue weighted by Crippen LogP contribution is 2.20. The maximum absolute atomic E-state index is 12.4. The molecule has 10 heteroatoms. The number of rotatable bonds is 14. The van der Waals surface area contributed by atoms with Crippen molar-refractivity contribution in [2.24, 2.45) is 11.8 Å². The first-order valence-electron chi connectivity index (χ1n) is 12.2. The lowest BCUT2D eigenvalue weighted by molar-refractivity contribution is -0.149. The molecule has 0 saturated heterocycles. The Balaban J connectivity index is 1.81. The zero-order valence-electron chi connectivity index (χ0n) is 21.3. The molecular formula is C28H32O10. The molecule has 0 spiro atoms. The summed E-state index contributed by atoms with van der Waals surface area (Å²) in [7, 11) is 0. The van der Waals surface area contributed by atoms with Crippen LogP contribution in [0.5, 0.6) is 23.0 Å². The van der Waals surface area contributed by atoms with Gasteiger partial charge in [0, 0.05) is 12.2 Å². The third-order valence-electron chi connectivity index (χ3n) is 5.26. The third kappa shape index (κ3) is 10.7. The Kier molecular flexibility index (Phi) is 12.4. The minimum atomic E-state index is -0.850. The number of carbonyl (C=O) groups is 4. The van der Waals surface area contributed by atoms with Crippen LogP contribution >= 0.6 is 0 Å². The fourth-order valence-corrected chi connectivity index (χ4v) is 3.26. The Morgan fingerprint density at radius 2 is 1.00 bits per heavy atom. The van der Waals surface area contributed by atoms with Crippen LogP contribution in [0.4, 0.5) is 0 Å². The SMILES string of the molecule is CCCC(COC(=O)/C=C/C(=O)OCC(CCC)C(=O)Oc1ccc(O)cc1)C(=O)Oc1ccc(O)cc1. The number of carbonyl (C=O) groups excluding carboxylic acids is 4. The lowest BCUT2D eigenvalue weighted by atomic mass is 10.1. The lowest BCUT2D eigenvalue weighted by Crippen LogP contribution is -2.26. The second-order valence-electron chi connectivity index (χ2n) is 8.39. The monoisotopic (exact) mass is 528 g/mol. The Labute approximate surface area is 220 Å². The first-order chi connectivity index (χ1) is 18.2. The molecule has 2 unspecified atom stereocenters. The summed E-state index contributed by atoms with van der Waals surface area (Å²) in [6, 6.07) is 11.3. The van der Waals surface area contributed by atoms with Gasteiger partial charge in [0.15, 0.2) is 0 Å². The molecular weight excluding hydrogens is 496 g/mol. The fourth-order valence-electron chi connectivity index (χ4n) is 3.26. The van der Waals surface area contributed by atoms with Crippen LogP contribution in [0, 0.1) is 11.8 Å². The van der Waals surface area contributed by atoms with Crippen molar-refractivity contribution >= 4 is 23.9 Å². The van der Waals surface area contributed by atoms with E-state index >= 15 is 0 Å². The van der Waals surface area contributed by atoms with E-state index in [1.807, 2.05) is 13.8 Å². The summed E-state index contributed by atoms with van der Waals surface area (Å²) in [5.74, 6) is -3.75. The van der Waals surface area contributed by atoms with E-state index in [2.05, 4.69) is 0 Å². The summed E-state index contributed by atoms with van der Waals surface area (Å²) in [5, 5.41) is 18.7. The molecule has 204 valence electrons. The molecule has 0 aromatic heterocycles. The van der Waals surface area contributed by atoms with Crippen LogP contribution in [0.3, 0.4) is 0 Å². The molecule has 0 amide bonds. The molecule has 0 saturated carbocycles. The van der Waals surface area contributed by atoms with Gasteiger partial charge in [-0.05, 0) is 61.4 Å². The van der Waals surface area contributed by atoms with E-state index in [0.29, 0.717) is 25.7 Å². The van der Waals surface area contributed by atoms with Gasteiger partial charge in [-0.3, -0.25) is 9.59 Å². The zero-order valence-corrected chi connectivity index (χ0v) is 21.3. The van der Waals surface area contributed by atoms with Gasteiger partial charge >= 0.3 is 23.9 Å². The summed E-state index contributed by atoms with van der Waals surface area (Å²) < 4.78 is 20.7. The van der Waals surface area contributed by atoms with Crippen LogP contribution < -0.4 is 9.47 Å². The molecule has 2 aromatic rings. The quantitative estimate of drug-likeness (QED) is 0.209. The zero-order chi connectivity index (χ0) is 27.9. The Morgan fingerprint density at radius 3 is 1.32 bits per heavy atom. The van der Waals surface area contributed by atoms with E-state index < -0.39 is 35.7 Å². The molecule has 0 bridgehead atoms. The number of ether oxygens (including phenoxy) is 4. The van der Waals surface area contributed by atoms with Crippen molar-refractivity contribution in [2.45, 2.75) is 39.5 Å². The van der Waals surface area contributed by atoms with E-state index in [4.69, 9.17) is 18.9 Å². The van der Waals surface area contributed by atoms with Gasteiger partial charge in [0.05, 0.1) is 11.8 Å². The number of esters is 4. The van der Waals surface area contributed by atoms with E-state index in [9.17, 15) is 29.4 Å². The molecule has 2 N–H and O–H groups in total. The second kappa shape index (κ2) is 15.7. The maximum Gasteiger partial charge on any atom is 0.331 e. The minimum absolute atomic E-state index is 0.0315. The second-order valence-corrected chi connectivity index (χ2v) is 8.39. The lowest BCUT2D eigenvalue weighted by Gasteiger charge is -2.15. The van der Waals surface area contributed by atoms with Gasteiger partial charge in [-0.2, -0.15) is 0 Å². The van der Waals surface area contributed by atoms with E-state index in [-0.39, 0.29) is 36.2 Å². The Morgan fingerprint density at radius 1 is 0.658 bits per heavy atom. The van der Waals surface area contributed by atoms with Crippen LogP contribution in [0.15, 0.2) is 60.7 Å². The number of hydrogen-bond acceptors (Lipinski definition) is 10. The predicted octanol–water partition coefficient (Wildman–Crippen LogP) is 4.08. The number of benzene rings is 2. The van der Waals surface area contributed by atoms with Crippen molar-refractivity contribution in [3.8, 4) is 23.0 Å². The van der Waals surface area contributed by atoms with Crippen molar-refractivity contribution in [3.05, 3.63) is 60.7 Å². The van der Waals surface area contributed by atoms with Crippen LogP contribution in [-0.2, 0) is 28.7 Å². The fraction of sp³-hybridized carbons (Fsp3) is 0.357. The van der Waals surface area contributed by atoms with Crippen LogP contribution in [0.1, 0.15) is 39.5 Å². The first kappa shape index (κ1) is 29.9. The van der Waals surface area contributed by atoms with Crippen molar-refractivity contribution in [1.29, 1.82) is 0 Å². The minimum Gasteiger partial charge on any atom is -0.508 e. The summed E-state index contributed by atoms with van der Waals surface area (Å²) in [6.07, 6.45) is 3.86. The van der Waals surface area contributed by atoms with Gasteiger partial charge < -0.3 is 29.2 Å². The number of phenolic OH excluding ortho intramolecular Hbond substituents is 2. The highest BCUT2D eigenvalue weighted by molar-refractivity contribution is 5.92. The molecule has 2 aromatic carbocycles. The Bertz CT molecular complexity index is 1000. The van der Waals surface area contributed by atoms with Crippen LogP contribution in [0.25, 0.3) is 0 Å².